The zero-order chi connectivity index (χ0) is 24.3. The number of methoxy groups -OCH3 is 1. The predicted molar refractivity (Wildman–Crippen MR) is 125 cm³/mol. The van der Waals surface area contributed by atoms with E-state index in [1.165, 1.54) is 7.11 Å². The van der Waals surface area contributed by atoms with Crippen LogP contribution in [0.4, 0.5) is 4.79 Å². The molecule has 2 unspecified atom stereocenters. The molecule has 8 heteroatoms. The summed E-state index contributed by atoms with van der Waals surface area (Å²) in [6, 6.07) is 16.2. The van der Waals surface area contributed by atoms with Crippen LogP contribution in [-0.2, 0) is 19.1 Å². The summed E-state index contributed by atoms with van der Waals surface area (Å²) in [4.78, 5) is 36.8. The zero-order valence-corrected chi connectivity index (χ0v) is 19.4. The van der Waals surface area contributed by atoms with Crippen molar-refractivity contribution < 1.29 is 29.0 Å². The predicted octanol–water partition coefficient (Wildman–Crippen LogP) is 3.30. The second-order valence-electron chi connectivity index (χ2n) is 9.03. The number of carboxylic acids is 1. The molecule has 2 amide bonds. The second-order valence-corrected chi connectivity index (χ2v) is 9.03. The Hall–Kier alpha value is -3.39. The van der Waals surface area contributed by atoms with Gasteiger partial charge >= 0.3 is 12.1 Å². The molecule has 2 aromatic carbocycles. The highest BCUT2D eigenvalue weighted by Crippen LogP contribution is 2.44. The van der Waals surface area contributed by atoms with Crippen LogP contribution in [0.1, 0.15) is 43.2 Å². The summed E-state index contributed by atoms with van der Waals surface area (Å²) in [7, 11) is 1.31. The van der Waals surface area contributed by atoms with E-state index in [9.17, 15) is 14.4 Å². The third kappa shape index (κ3) is 4.77. The topological polar surface area (TPSA) is 114 Å². The lowest BCUT2D eigenvalue weighted by Crippen LogP contribution is -2.58. The van der Waals surface area contributed by atoms with Crippen molar-refractivity contribution in [2.45, 2.75) is 43.7 Å². The molecule has 4 rings (SSSR count). The molecule has 2 aliphatic rings. The van der Waals surface area contributed by atoms with E-state index >= 15 is 0 Å². The minimum Gasteiger partial charge on any atom is -0.479 e. The number of carbonyl (C=O) groups excluding carboxylic acids is 2. The Morgan fingerprint density at radius 2 is 1.65 bits per heavy atom. The molecular formula is C26H30N2O6. The summed E-state index contributed by atoms with van der Waals surface area (Å²) in [5.74, 6) is -1.51. The number of alkyl carbamates (subject to hydrolysis) is 1. The number of hydrogen-bond acceptors (Lipinski definition) is 5. The Morgan fingerprint density at radius 1 is 1.06 bits per heavy atom. The van der Waals surface area contributed by atoms with Gasteiger partial charge in [-0.3, -0.25) is 4.79 Å². The molecule has 3 N–H and O–H groups in total. The summed E-state index contributed by atoms with van der Waals surface area (Å²) in [5, 5.41) is 14.6. The number of carboxylic acid groups (broad SMARTS) is 1. The van der Waals surface area contributed by atoms with E-state index in [0.29, 0.717) is 0 Å². The Kier molecular flexibility index (Phi) is 6.88. The van der Waals surface area contributed by atoms with Gasteiger partial charge in [0.05, 0.1) is 0 Å². The highest BCUT2D eigenvalue weighted by molar-refractivity contribution is 5.90. The third-order valence-corrected chi connectivity index (χ3v) is 6.82. The molecule has 0 bridgehead atoms. The van der Waals surface area contributed by atoms with Crippen molar-refractivity contribution in [1.82, 2.24) is 10.6 Å². The van der Waals surface area contributed by atoms with Crippen molar-refractivity contribution in [3.63, 3.8) is 0 Å². The molecule has 34 heavy (non-hydrogen) atoms. The smallest absolute Gasteiger partial charge is 0.408 e. The van der Waals surface area contributed by atoms with Crippen LogP contribution in [0.3, 0.4) is 0 Å². The maximum atomic E-state index is 12.9. The van der Waals surface area contributed by atoms with Crippen LogP contribution in [0, 0.1) is 5.92 Å². The third-order valence-electron chi connectivity index (χ3n) is 6.82. The van der Waals surface area contributed by atoms with E-state index in [1.807, 2.05) is 36.4 Å². The monoisotopic (exact) mass is 466 g/mol. The van der Waals surface area contributed by atoms with Crippen LogP contribution in [0.15, 0.2) is 48.5 Å². The van der Waals surface area contributed by atoms with Crippen LogP contribution in [-0.4, -0.2) is 55.0 Å². The molecule has 0 aromatic heterocycles. The van der Waals surface area contributed by atoms with Crippen molar-refractivity contribution >= 4 is 18.0 Å². The van der Waals surface area contributed by atoms with Crippen molar-refractivity contribution in [2.24, 2.45) is 5.92 Å². The minimum atomic E-state index is -1.13. The van der Waals surface area contributed by atoms with Gasteiger partial charge in [-0.15, -0.1) is 0 Å². The number of ether oxygens (including phenoxy) is 2. The van der Waals surface area contributed by atoms with Gasteiger partial charge in [0, 0.05) is 26.0 Å². The molecule has 8 nitrogen and oxygen atoms in total. The summed E-state index contributed by atoms with van der Waals surface area (Å²) in [6.07, 6.45) is 0.130. The van der Waals surface area contributed by atoms with Crippen molar-refractivity contribution in [3.8, 4) is 11.1 Å². The summed E-state index contributed by atoms with van der Waals surface area (Å²) < 4.78 is 10.5. The van der Waals surface area contributed by atoms with E-state index in [4.69, 9.17) is 14.6 Å². The average molecular weight is 467 g/mol. The lowest BCUT2D eigenvalue weighted by Gasteiger charge is -2.29. The fourth-order valence-corrected chi connectivity index (χ4v) is 4.69. The first kappa shape index (κ1) is 23.8. The van der Waals surface area contributed by atoms with E-state index in [0.717, 1.165) is 35.1 Å². The lowest BCUT2D eigenvalue weighted by atomic mass is 9.94. The standard InChI is InChI=1S/C26H30N2O6/c1-26(16-11-12-16,24(31)27-14-13-22(33-2)23(29)30)28-25(32)34-15-21-19-9-5-3-7-17(19)18-8-4-6-10-20(18)21/h3-10,16,21-22H,11-15H2,1-2H3,(H,27,31)(H,28,32)(H,29,30). The summed E-state index contributed by atoms with van der Waals surface area (Å²) in [6.45, 7) is 1.97. The molecule has 1 saturated carbocycles. The Balaban J connectivity index is 1.37. The molecule has 180 valence electrons. The van der Waals surface area contributed by atoms with Gasteiger partial charge in [0.25, 0.3) is 0 Å². The van der Waals surface area contributed by atoms with Gasteiger partial charge in [-0.2, -0.15) is 0 Å². The molecule has 0 radical (unpaired) electrons. The Morgan fingerprint density at radius 3 is 2.18 bits per heavy atom. The number of nitrogens with one attached hydrogen (secondary N) is 2. The number of rotatable bonds is 10. The van der Waals surface area contributed by atoms with Crippen molar-refractivity contribution in [2.75, 3.05) is 20.3 Å². The zero-order valence-electron chi connectivity index (χ0n) is 19.4. The Bertz CT molecular complexity index is 1040. The maximum absolute atomic E-state index is 12.9. The number of hydrogen-bond donors (Lipinski definition) is 3. The summed E-state index contributed by atoms with van der Waals surface area (Å²) >= 11 is 0. The molecule has 1 fully saturated rings. The van der Waals surface area contributed by atoms with Gasteiger partial charge < -0.3 is 25.2 Å². The SMILES string of the molecule is COC(CCNC(=O)C(C)(NC(=O)OCC1c2ccccc2-c2ccccc21)C1CC1)C(=O)O. The fourth-order valence-electron chi connectivity index (χ4n) is 4.69. The van der Waals surface area contributed by atoms with Gasteiger partial charge in [0.1, 0.15) is 12.1 Å². The van der Waals surface area contributed by atoms with E-state index in [1.54, 1.807) is 6.92 Å². The molecule has 2 aromatic rings. The van der Waals surface area contributed by atoms with Crippen LogP contribution in [0.25, 0.3) is 11.1 Å². The number of carbonyl (C=O) groups is 3. The molecule has 0 heterocycles. The average Bonchev–Trinajstić information content (AvgIpc) is 3.64. The number of fused-ring (bicyclic) bond motifs is 3. The van der Waals surface area contributed by atoms with Gasteiger partial charge in [-0.1, -0.05) is 48.5 Å². The first-order chi connectivity index (χ1) is 16.3. The van der Waals surface area contributed by atoms with Crippen molar-refractivity contribution in [3.05, 3.63) is 59.7 Å². The fraction of sp³-hybridized carbons (Fsp3) is 0.423. The minimum absolute atomic E-state index is 0.00526. The maximum Gasteiger partial charge on any atom is 0.408 e. The Labute approximate surface area is 198 Å². The number of benzene rings is 2. The molecule has 0 aliphatic heterocycles. The lowest BCUT2D eigenvalue weighted by molar-refractivity contribution is -0.149. The second kappa shape index (κ2) is 9.85. The van der Waals surface area contributed by atoms with Gasteiger partial charge in [-0.05, 0) is 47.9 Å². The van der Waals surface area contributed by atoms with E-state index < -0.39 is 23.7 Å². The van der Waals surface area contributed by atoms with Gasteiger partial charge in [-0.25, -0.2) is 9.59 Å². The molecule has 0 saturated heterocycles. The number of aliphatic carboxylic acids is 1. The summed E-state index contributed by atoms with van der Waals surface area (Å²) in [5.41, 5.74) is 3.39. The van der Waals surface area contributed by atoms with E-state index in [-0.39, 0.29) is 37.3 Å². The van der Waals surface area contributed by atoms with Crippen LogP contribution >= 0.6 is 0 Å². The normalized spacial score (nSPS) is 17.1. The first-order valence-electron chi connectivity index (χ1n) is 11.5. The highest BCUT2D eigenvalue weighted by Gasteiger charge is 2.48. The van der Waals surface area contributed by atoms with Gasteiger partial charge in [0.15, 0.2) is 6.10 Å². The van der Waals surface area contributed by atoms with Crippen LogP contribution in [0.5, 0.6) is 0 Å². The first-order valence-corrected chi connectivity index (χ1v) is 11.5. The molecular weight excluding hydrogens is 436 g/mol. The largest absolute Gasteiger partial charge is 0.479 e. The van der Waals surface area contributed by atoms with Crippen LogP contribution in [0.2, 0.25) is 0 Å². The van der Waals surface area contributed by atoms with Gasteiger partial charge in [0.2, 0.25) is 5.91 Å². The highest BCUT2D eigenvalue weighted by atomic mass is 16.5. The van der Waals surface area contributed by atoms with Crippen molar-refractivity contribution in [1.29, 1.82) is 0 Å². The molecule has 2 atom stereocenters. The quantitative estimate of drug-likeness (QED) is 0.495. The van der Waals surface area contributed by atoms with Crippen LogP contribution < -0.4 is 10.6 Å². The number of amides is 2. The van der Waals surface area contributed by atoms with E-state index in [2.05, 4.69) is 22.8 Å². The molecule has 0 spiro atoms. The molecule has 2 aliphatic carbocycles.